The third-order valence-electron chi connectivity index (χ3n) is 5.10. The van der Waals surface area contributed by atoms with E-state index in [1.807, 2.05) is 20.8 Å². The summed E-state index contributed by atoms with van der Waals surface area (Å²) in [7, 11) is 3.30. The van der Waals surface area contributed by atoms with Crippen molar-refractivity contribution in [3.05, 3.63) is 0 Å². The Kier molecular flexibility index (Phi) is 27.9. The van der Waals surface area contributed by atoms with Crippen molar-refractivity contribution in [3.63, 3.8) is 0 Å². The molecule has 1 rings (SSSR count). The van der Waals surface area contributed by atoms with E-state index in [0.717, 1.165) is 64.7 Å². The lowest BCUT2D eigenvalue weighted by molar-refractivity contribution is 0.146. The molecule has 1 fully saturated rings. The minimum absolute atomic E-state index is 0.117. The van der Waals surface area contributed by atoms with E-state index in [1.54, 1.807) is 14.2 Å². The van der Waals surface area contributed by atoms with Crippen LogP contribution in [0.15, 0.2) is 20.0 Å². The summed E-state index contributed by atoms with van der Waals surface area (Å²) >= 11 is 0. The first-order valence-electron chi connectivity index (χ1n) is 13.9. The number of nitrogens with one attached hydrogen (secondary N) is 2. The van der Waals surface area contributed by atoms with E-state index in [4.69, 9.17) is 42.9 Å². The molecule has 14 heteroatoms. The van der Waals surface area contributed by atoms with Gasteiger partial charge in [0.15, 0.2) is 23.8 Å². The van der Waals surface area contributed by atoms with Crippen LogP contribution in [-0.4, -0.2) is 96.2 Å². The number of aliphatic imine (C=N–C) groups is 4. The van der Waals surface area contributed by atoms with Gasteiger partial charge in [-0.1, -0.05) is 13.8 Å². The van der Waals surface area contributed by atoms with Gasteiger partial charge in [0, 0.05) is 53.7 Å². The van der Waals surface area contributed by atoms with E-state index < -0.39 is 0 Å². The van der Waals surface area contributed by atoms with Crippen LogP contribution in [0.1, 0.15) is 65.7 Å². The molecule has 0 radical (unpaired) electrons. The highest BCUT2D eigenvalue weighted by Gasteiger charge is 2.21. The second-order valence-electron chi connectivity index (χ2n) is 8.31. The maximum absolute atomic E-state index is 5.93. The normalized spacial score (nSPS) is 18.4. The van der Waals surface area contributed by atoms with Gasteiger partial charge in [0.05, 0.1) is 12.1 Å². The van der Waals surface area contributed by atoms with E-state index >= 15 is 0 Å². The topological polar surface area (TPSA) is 231 Å². The highest BCUT2D eigenvalue weighted by molar-refractivity contribution is 5.97. The first kappa shape index (κ1) is 38.5. The van der Waals surface area contributed by atoms with Gasteiger partial charge >= 0.3 is 0 Å². The molecule has 1 saturated carbocycles. The van der Waals surface area contributed by atoms with Gasteiger partial charge in [-0.15, -0.1) is 0 Å². The van der Waals surface area contributed by atoms with Crippen LogP contribution in [0.25, 0.3) is 0 Å². The molecule has 0 amide bonds. The second kappa shape index (κ2) is 28.3. The molecule has 12 N–H and O–H groups in total. The number of ether oxygens (including phenoxy) is 3. The Morgan fingerprint density at radius 2 is 1.10 bits per heavy atom. The lowest BCUT2D eigenvalue weighted by Gasteiger charge is -2.24. The molecule has 0 saturated heterocycles. The Morgan fingerprint density at radius 1 is 0.692 bits per heavy atom. The molecule has 1 aliphatic carbocycles. The monoisotopic (exact) mass is 559 g/mol. The van der Waals surface area contributed by atoms with Gasteiger partial charge in [0.2, 0.25) is 0 Å². The van der Waals surface area contributed by atoms with Crippen LogP contribution >= 0.6 is 0 Å². The number of hydrogen-bond donors (Lipinski definition) is 7. The molecule has 0 bridgehead atoms. The van der Waals surface area contributed by atoms with Crippen LogP contribution in [0.3, 0.4) is 0 Å². The molecular formula is C25H57N11O3. The van der Waals surface area contributed by atoms with E-state index in [0.29, 0.717) is 26.3 Å². The highest BCUT2D eigenvalue weighted by atomic mass is 16.5. The largest absolute Gasteiger partial charge is 0.385 e. The number of rotatable bonds is 14. The van der Waals surface area contributed by atoms with Crippen LogP contribution in [0.5, 0.6) is 0 Å². The second-order valence-corrected chi connectivity index (χ2v) is 8.31. The Balaban J connectivity index is 0. The summed E-state index contributed by atoms with van der Waals surface area (Å²) in [5.74, 6) is 1.05. The van der Waals surface area contributed by atoms with Crippen molar-refractivity contribution in [1.82, 2.24) is 10.6 Å². The molecule has 0 heterocycles. The molecule has 1 aliphatic rings. The van der Waals surface area contributed by atoms with Gasteiger partial charge in [0.25, 0.3) is 0 Å². The molecule has 0 spiro atoms. The lowest BCUT2D eigenvalue weighted by Crippen LogP contribution is -2.43. The highest BCUT2D eigenvalue weighted by Crippen LogP contribution is 2.23. The smallest absolute Gasteiger partial charge is 0.195 e. The minimum Gasteiger partial charge on any atom is -0.385 e. The molecule has 0 aromatic carbocycles. The number of nitrogens with two attached hydrogens (primary N) is 5. The van der Waals surface area contributed by atoms with Gasteiger partial charge in [-0.3, -0.25) is 20.6 Å². The average Bonchev–Trinajstić information content (AvgIpc) is 2.92. The molecule has 14 nitrogen and oxygen atoms in total. The Labute approximate surface area is 235 Å². The number of guanidine groups is 4. The molecule has 0 aliphatic heterocycles. The molecule has 39 heavy (non-hydrogen) atoms. The third-order valence-corrected chi connectivity index (χ3v) is 5.10. The summed E-state index contributed by atoms with van der Waals surface area (Å²) in [6, 6.07) is 0.235. The predicted molar refractivity (Wildman–Crippen MR) is 163 cm³/mol. The standard InChI is InChI=1S/C18H38N10O2.C5H13NO.C2H6/c1-29-11-3-9-23-15(19)27-17(21)25-13-5-7-14(8-6-13)26-18(22)28-16(20)24-10-4-12-30-2;1-2-7-5-3-4-6;1-2/h13-14H,3-12H2,1-2H3,(H5,19,21,23,25,27)(H5,20,22,24,26,28);2-6H2,1H3;1-2H3. The van der Waals surface area contributed by atoms with E-state index in [1.165, 1.54) is 0 Å². The Bertz CT molecular complexity index is 624. The third kappa shape index (κ3) is 25.4. The number of methoxy groups -OCH3 is 2. The maximum Gasteiger partial charge on any atom is 0.195 e. The summed E-state index contributed by atoms with van der Waals surface area (Å²) in [5.41, 5.74) is 28.6. The fourth-order valence-electron chi connectivity index (χ4n) is 3.26. The molecule has 230 valence electrons. The molecule has 0 unspecified atom stereocenters. The lowest BCUT2D eigenvalue weighted by atomic mass is 9.92. The fraction of sp³-hybridized carbons (Fsp3) is 0.840. The Hall–Kier alpha value is -2.68. The first-order valence-corrected chi connectivity index (χ1v) is 13.9. The van der Waals surface area contributed by atoms with Gasteiger partial charge in [-0.05, 0) is 58.4 Å². The van der Waals surface area contributed by atoms with Crippen LogP contribution in [0, 0.1) is 0 Å². The van der Waals surface area contributed by atoms with Gasteiger partial charge in [0.1, 0.15) is 0 Å². The molecular weight excluding hydrogens is 502 g/mol. The van der Waals surface area contributed by atoms with Crippen molar-refractivity contribution < 1.29 is 14.2 Å². The van der Waals surface area contributed by atoms with Crippen LogP contribution in [0.4, 0.5) is 0 Å². The molecule has 0 aromatic rings. The van der Waals surface area contributed by atoms with Crippen molar-refractivity contribution in [2.45, 2.75) is 77.8 Å². The maximum atomic E-state index is 5.93. The summed E-state index contributed by atoms with van der Waals surface area (Å²) < 4.78 is 14.9. The van der Waals surface area contributed by atoms with Crippen molar-refractivity contribution in [2.75, 3.05) is 60.3 Å². The average molecular weight is 560 g/mol. The number of hydrogen-bond acceptors (Lipinski definition) is 8. The van der Waals surface area contributed by atoms with Crippen molar-refractivity contribution in [3.8, 4) is 0 Å². The Morgan fingerprint density at radius 3 is 1.44 bits per heavy atom. The van der Waals surface area contributed by atoms with E-state index in [9.17, 15) is 0 Å². The summed E-state index contributed by atoms with van der Waals surface area (Å²) in [5, 5.41) is 5.63. The first-order chi connectivity index (χ1) is 18.9. The fourth-order valence-corrected chi connectivity index (χ4v) is 3.26. The van der Waals surface area contributed by atoms with Crippen molar-refractivity contribution >= 4 is 23.8 Å². The minimum atomic E-state index is 0.117. The predicted octanol–water partition coefficient (Wildman–Crippen LogP) is 0.207. The van der Waals surface area contributed by atoms with E-state index in [2.05, 4.69) is 30.6 Å². The number of nitrogens with zero attached hydrogens (tertiary/aromatic N) is 4. The van der Waals surface area contributed by atoms with Crippen molar-refractivity contribution in [1.29, 1.82) is 0 Å². The zero-order valence-corrected chi connectivity index (χ0v) is 25.0. The van der Waals surface area contributed by atoms with Gasteiger partial charge in [-0.25, -0.2) is 9.98 Å². The quantitative estimate of drug-likeness (QED) is 0.0868. The summed E-state index contributed by atoms with van der Waals surface area (Å²) in [6.07, 6.45) is 6.00. The van der Waals surface area contributed by atoms with Crippen LogP contribution < -0.4 is 39.3 Å². The van der Waals surface area contributed by atoms with Crippen molar-refractivity contribution in [2.24, 2.45) is 48.6 Å². The van der Waals surface area contributed by atoms with Crippen LogP contribution in [-0.2, 0) is 14.2 Å². The van der Waals surface area contributed by atoms with Gasteiger partial charge < -0.3 is 42.9 Å². The SMILES string of the molecule is CC.CCOCCCN.COCCCN=C(N)NC(N)=NC1CCC(N=C(N)NC(N)=NCCCOC)CC1. The zero-order valence-electron chi connectivity index (χ0n) is 25.0. The summed E-state index contributed by atoms with van der Waals surface area (Å²) in [6.45, 7) is 10.8. The molecule has 0 aromatic heterocycles. The van der Waals surface area contributed by atoms with Gasteiger partial charge in [-0.2, -0.15) is 0 Å². The zero-order chi connectivity index (χ0) is 29.7. The van der Waals surface area contributed by atoms with Crippen LogP contribution in [0.2, 0.25) is 0 Å². The summed E-state index contributed by atoms with van der Waals surface area (Å²) in [4.78, 5) is 17.3. The van der Waals surface area contributed by atoms with E-state index in [-0.39, 0.29) is 35.9 Å². The molecule has 0 atom stereocenters.